The molecule has 1 aliphatic rings. The first-order chi connectivity index (χ1) is 14.0. The lowest BCUT2D eigenvalue weighted by molar-refractivity contribution is -0.120. The number of carbonyl (C=O) groups is 1. The molecule has 1 aliphatic heterocycles. The van der Waals surface area contributed by atoms with E-state index in [4.69, 9.17) is 0 Å². The summed E-state index contributed by atoms with van der Waals surface area (Å²) in [7, 11) is 0. The molecule has 0 atom stereocenters. The number of carbonyl (C=O) groups excluding carboxylic acids is 1. The lowest BCUT2D eigenvalue weighted by Gasteiger charge is -2.21. The van der Waals surface area contributed by atoms with E-state index in [0.29, 0.717) is 35.0 Å². The highest BCUT2D eigenvalue weighted by Crippen LogP contribution is 2.26. The number of hydrogen-bond acceptors (Lipinski definition) is 3. The van der Waals surface area contributed by atoms with Gasteiger partial charge in [0, 0.05) is 17.4 Å². The molecule has 4 rings (SSSR count). The minimum atomic E-state index is -0.941. The number of rotatable bonds is 4. The van der Waals surface area contributed by atoms with Gasteiger partial charge in [-0.25, -0.2) is 13.2 Å². The normalized spacial score (nSPS) is 15.3. The molecule has 150 valence electrons. The topological polar surface area (TPSA) is 69.8 Å². The van der Waals surface area contributed by atoms with Gasteiger partial charge in [0.2, 0.25) is 5.91 Å². The van der Waals surface area contributed by atoms with E-state index in [9.17, 15) is 18.0 Å². The number of hydrogen-bond donors (Lipinski definition) is 3. The molecule has 1 aromatic heterocycles. The molecule has 2 aromatic carbocycles. The van der Waals surface area contributed by atoms with Gasteiger partial charge in [-0.3, -0.25) is 9.89 Å². The number of anilines is 1. The van der Waals surface area contributed by atoms with Gasteiger partial charge in [0.05, 0.1) is 16.9 Å². The van der Waals surface area contributed by atoms with Crippen LogP contribution in [0.5, 0.6) is 0 Å². The third-order valence-electron chi connectivity index (χ3n) is 5.03. The molecule has 8 heteroatoms. The third-order valence-corrected chi connectivity index (χ3v) is 5.03. The second-order valence-electron chi connectivity index (χ2n) is 7.01. The average Bonchev–Trinajstić information content (AvgIpc) is 3.11. The predicted molar refractivity (Wildman–Crippen MR) is 106 cm³/mol. The fraction of sp³-hybridized carbons (Fsp3) is 0.238. The summed E-state index contributed by atoms with van der Waals surface area (Å²) in [4.78, 5) is 12.4. The van der Waals surface area contributed by atoms with Crippen molar-refractivity contribution in [1.82, 2.24) is 15.5 Å². The second-order valence-corrected chi connectivity index (χ2v) is 7.01. The number of fused-ring (bicyclic) bond motifs is 1. The molecule has 0 unspecified atom stereocenters. The highest BCUT2D eigenvalue weighted by molar-refractivity contribution is 5.97. The van der Waals surface area contributed by atoms with Crippen LogP contribution in [0, 0.1) is 23.4 Å². The van der Waals surface area contributed by atoms with E-state index in [1.54, 1.807) is 12.2 Å². The SMILES string of the molecule is O=C(Nc1cc2c(C=Cc3ccc(F)c(F)c3)n[nH]c2cc1F)C1CCNCC1. The minimum Gasteiger partial charge on any atom is -0.323 e. The van der Waals surface area contributed by atoms with Crippen LogP contribution in [0.3, 0.4) is 0 Å². The summed E-state index contributed by atoms with van der Waals surface area (Å²) in [5, 5.41) is 13.3. The molecule has 0 saturated carbocycles. The first-order valence-electron chi connectivity index (χ1n) is 9.33. The van der Waals surface area contributed by atoms with Crippen LogP contribution in [0.1, 0.15) is 24.1 Å². The maximum atomic E-state index is 14.4. The standard InChI is InChI=1S/C21H19F3N4O/c22-15-3-1-12(9-16(15)23)2-4-18-14-10-20(17(24)11-19(14)28-27-18)26-21(29)13-5-7-25-8-6-13/h1-4,9-11,13,25H,5-8H2,(H,26,29)(H,27,28). The highest BCUT2D eigenvalue weighted by Gasteiger charge is 2.22. The van der Waals surface area contributed by atoms with Gasteiger partial charge in [0.1, 0.15) is 5.82 Å². The molecule has 0 radical (unpaired) electrons. The number of aromatic nitrogens is 2. The van der Waals surface area contributed by atoms with Crippen molar-refractivity contribution in [2.24, 2.45) is 5.92 Å². The molecule has 1 fully saturated rings. The van der Waals surface area contributed by atoms with E-state index < -0.39 is 17.5 Å². The zero-order chi connectivity index (χ0) is 20.4. The Bertz CT molecular complexity index is 1090. The van der Waals surface area contributed by atoms with Gasteiger partial charge >= 0.3 is 0 Å². The summed E-state index contributed by atoms with van der Waals surface area (Å²) in [5.41, 5.74) is 1.50. The Morgan fingerprint density at radius 3 is 2.59 bits per heavy atom. The van der Waals surface area contributed by atoms with Crippen molar-refractivity contribution in [3.8, 4) is 0 Å². The van der Waals surface area contributed by atoms with Gasteiger partial charge in [-0.05, 0) is 55.8 Å². The number of H-pyrrole nitrogens is 1. The highest BCUT2D eigenvalue weighted by atomic mass is 19.2. The Balaban J connectivity index is 1.59. The Morgan fingerprint density at radius 2 is 1.83 bits per heavy atom. The van der Waals surface area contributed by atoms with Crippen molar-refractivity contribution >= 4 is 34.6 Å². The quantitative estimate of drug-likeness (QED) is 0.618. The van der Waals surface area contributed by atoms with Gasteiger partial charge in [0.15, 0.2) is 11.6 Å². The van der Waals surface area contributed by atoms with Crippen molar-refractivity contribution in [3.05, 3.63) is 59.0 Å². The van der Waals surface area contributed by atoms with Gasteiger partial charge in [-0.15, -0.1) is 0 Å². The molecular formula is C21H19F3N4O. The van der Waals surface area contributed by atoms with Crippen LogP contribution < -0.4 is 10.6 Å². The first kappa shape index (κ1) is 19.2. The van der Waals surface area contributed by atoms with Gasteiger partial charge in [-0.1, -0.05) is 12.1 Å². The summed E-state index contributed by atoms with van der Waals surface area (Å²) in [5.74, 6) is -2.77. The van der Waals surface area contributed by atoms with E-state index in [1.165, 1.54) is 18.2 Å². The smallest absolute Gasteiger partial charge is 0.227 e. The Labute approximate surface area is 165 Å². The molecule has 1 amide bonds. The van der Waals surface area contributed by atoms with Crippen molar-refractivity contribution < 1.29 is 18.0 Å². The van der Waals surface area contributed by atoms with Crippen molar-refractivity contribution in [1.29, 1.82) is 0 Å². The largest absolute Gasteiger partial charge is 0.323 e. The summed E-state index contributed by atoms with van der Waals surface area (Å²) in [6, 6.07) is 6.36. The van der Waals surface area contributed by atoms with Gasteiger partial charge in [-0.2, -0.15) is 5.10 Å². The molecule has 0 bridgehead atoms. The maximum absolute atomic E-state index is 14.4. The fourth-order valence-electron chi connectivity index (χ4n) is 3.39. The van der Waals surface area contributed by atoms with Crippen molar-refractivity contribution in [3.63, 3.8) is 0 Å². The summed E-state index contributed by atoms with van der Waals surface area (Å²) >= 11 is 0. The molecule has 29 heavy (non-hydrogen) atoms. The maximum Gasteiger partial charge on any atom is 0.227 e. The number of amides is 1. The van der Waals surface area contributed by atoms with E-state index in [1.807, 2.05) is 0 Å². The monoisotopic (exact) mass is 400 g/mol. The first-order valence-corrected chi connectivity index (χ1v) is 9.33. The van der Waals surface area contributed by atoms with E-state index in [-0.39, 0.29) is 17.5 Å². The van der Waals surface area contributed by atoms with E-state index >= 15 is 0 Å². The number of nitrogens with zero attached hydrogens (tertiary/aromatic N) is 1. The van der Waals surface area contributed by atoms with Crippen LogP contribution in [-0.2, 0) is 4.79 Å². The second kappa shape index (κ2) is 8.08. The van der Waals surface area contributed by atoms with Crippen LogP contribution in [0.2, 0.25) is 0 Å². The average molecular weight is 400 g/mol. The van der Waals surface area contributed by atoms with Crippen LogP contribution in [0.25, 0.3) is 23.1 Å². The van der Waals surface area contributed by atoms with Crippen LogP contribution >= 0.6 is 0 Å². The molecule has 5 nitrogen and oxygen atoms in total. The van der Waals surface area contributed by atoms with Gasteiger partial charge < -0.3 is 10.6 Å². The molecule has 1 saturated heterocycles. The third kappa shape index (κ3) is 4.17. The summed E-state index contributed by atoms with van der Waals surface area (Å²) in [6.45, 7) is 1.53. The number of nitrogens with one attached hydrogen (secondary N) is 3. The van der Waals surface area contributed by atoms with E-state index in [0.717, 1.165) is 25.2 Å². The Hall–Kier alpha value is -3.13. The Kier molecular flexibility index (Phi) is 5.35. The molecule has 3 aromatic rings. The molecular weight excluding hydrogens is 381 g/mol. The van der Waals surface area contributed by atoms with Crippen molar-refractivity contribution in [2.45, 2.75) is 12.8 Å². The number of benzene rings is 2. The number of halogens is 3. The molecule has 2 heterocycles. The summed E-state index contributed by atoms with van der Waals surface area (Å²) in [6.07, 6.45) is 4.61. The lowest BCUT2D eigenvalue weighted by Crippen LogP contribution is -2.34. The number of aromatic amines is 1. The van der Waals surface area contributed by atoms with Crippen LogP contribution in [-0.4, -0.2) is 29.2 Å². The fourth-order valence-corrected chi connectivity index (χ4v) is 3.39. The molecule has 0 aliphatic carbocycles. The zero-order valence-electron chi connectivity index (χ0n) is 15.4. The molecule has 3 N–H and O–H groups in total. The van der Waals surface area contributed by atoms with Crippen molar-refractivity contribution in [2.75, 3.05) is 18.4 Å². The predicted octanol–water partition coefficient (Wildman–Crippen LogP) is 4.09. The molecule has 0 spiro atoms. The van der Waals surface area contributed by atoms with Gasteiger partial charge in [0.25, 0.3) is 0 Å². The zero-order valence-corrected chi connectivity index (χ0v) is 15.4. The van der Waals surface area contributed by atoms with Crippen LogP contribution in [0.4, 0.5) is 18.9 Å². The number of piperidine rings is 1. The summed E-state index contributed by atoms with van der Waals surface area (Å²) < 4.78 is 40.8. The Morgan fingerprint density at radius 1 is 1.03 bits per heavy atom. The van der Waals surface area contributed by atoms with Crippen LogP contribution in [0.15, 0.2) is 30.3 Å². The lowest BCUT2D eigenvalue weighted by atomic mass is 9.97. The van der Waals surface area contributed by atoms with E-state index in [2.05, 4.69) is 20.8 Å². The minimum absolute atomic E-state index is 0.0879.